The van der Waals surface area contributed by atoms with Crippen LogP contribution >= 0.6 is 0 Å². The molecule has 6 heteroatoms. The van der Waals surface area contributed by atoms with Crippen molar-refractivity contribution in [2.45, 2.75) is 51.5 Å². The summed E-state index contributed by atoms with van der Waals surface area (Å²) in [5.74, 6) is 1.03. The van der Waals surface area contributed by atoms with Crippen molar-refractivity contribution in [3.8, 4) is 0 Å². The summed E-state index contributed by atoms with van der Waals surface area (Å²) in [4.78, 5) is 18.4. The summed E-state index contributed by atoms with van der Waals surface area (Å²) in [6.45, 7) is 5.53. The minimum absolute atomic E-state index is 0.201. The highest BCUT2D eigenvalue weighted by atomic mass is 16.2. The Balaban J connectivity index is 1.74. The summed E-state index contributed by atoms with van der Waals surface area (Å²) >= 11 is 0. The molecule has 0 saturated heterocycles. The number of carbonyl (C=O) groups excluding carboxylic acids is 1. The molecule has 20 heavy (non-hydrogen) atoms. The van der Waals surface area contributed by atoms with Crippen LogP contribution in [0.1, 0.15) is 61.9 Å². The SMILES string of the molecule is CC(C)c1nc(C(=O)NCCN(C)C2CCCC2)n[nH]1. The molecular formula is C14H25N5O. The molecule has 0 bridgehead atoms. The quantitative estimate of drug-likeness (QED) is 0.828. The third-order valence-electron chi connectivity index (χ3n) is 3.95. The van der Waals surface area contributed by atoms with E-state index < -0.39 is 0 Å². The third kappa shape index (κ3) is 3.79. The van der Waals surface area contributed by atoms with Crippen LogP contribution in [0.4, 0.5) is 0 Å². The molecule has 2 N–H and O–H groups in total. The summed E-state index contributed by atoms with van der Waals surface area (Å²) in [5, 5.41) is 9.63. The van der Waals surface area contributed by atoms with Crippen molar-refractivity contribution in [1.82, 2.24) is 25.4 Å². The lowest BCUT2D eigenvalue weighted by molar-refractivity contribution is 0.0937. The van der Waals surface area contributed by atoms with Crippen molar-refractivity contribution < 1.29 is 4.79 Å². The van der Waals surface area contributed by atoms with Gasteiger partial charge in [-0.3, -0.25) is 9.89 Å². The van der Waals surface area contributed by atoms with Gasteiger partial charge in [0.05, 0.1) is 0 Å². The van der Waals surface area contributed by atoms with Crippen LogP contribution in [0.5, 0.6) is 0 Å². The van der Waals surface area contributed by atoms with Crippen molar-refractivity contribution >= 4 is 5.91 Å². The van der Waals surface area contributed by atoms with Crippen molar-refractivity contribution in [1.29, 1.82) is 0 Å². The number of aromatic nitrogens is 3. The fourth-order valence-electron chi connectivity index (χ4n) is 2.59. The lowest BCUT2D eigenvalue weighted by atomic mass is 10.2. The Hall–Kier alpha value is -1.43. The maximum atomic E-state index is 11.9. The number of nitrogens with one attached hydrogen (secondary N) is 2. The Morgan fingerprint density at radius 1 is 1.45 bits per heavy atom. The van der Waals surface area contributed by atoms with Gasteiger partial charge in [0.25, 0.3) is 5.91 Å². The molecule has 0 atom stereocenters. The predicted molar refractivity (Wildman–Crippen MR) is 77.7 cm³/mol. The number of carbonyl (C=O) groups is 1. The molecule has 6 nitrogen and oxygen atoms in total. The normalized spacial score (nSPS) is 16.2. The second-order valence-corrected chi connectivity index (χ2v) is 5.87. The van der Waals surface area contributed by atoms with E-state index in [2.05, 4.69) is 32.4 Å². The van der Waals surface area contributed by atoms with E-state index in [0.29, 0.717) is 12.6 Å². The lowest BCUT2D eigenvalue weighted by Crippen LogP contribution is -2.37. The number of H-pyrrole nitrogens is 1. The number of rotatable bonds is 6. The average Bonchev–Trinajstić information content (AvgIpc) is 3.09. The smallest absolute Gasteiger partial charge is 0.291 e. The molecule has 1 saturated carbocycles. The molecule has 112 valence electrons. The molecular weight excluding hydrogens is 254 g/mol. The van der Waals surface area contributed by atoms with Crippen molar-refractivity contribution in [2.24, 2.45) is 0 Å². The van der Waals surface area contributed by atoms with Crippen LogP contribution in [0.2, 0.25) is 0 Å². The highest BCUT2D eigenvalue weighted by molar-refractivity contribution is 5.90. The van der Waals surface area contributed by atoms with Crippen molar-refractivity contribution in [3.05, 3.63) is 11.6 Å². The van der Waals surface area contributed by atoms with Gasteiger partial charge < -0.3 is 10.2 Å². The number of amides is 1. The zero-order valence-electron chi connectivity index (χ0n) is 12.6. The van der Waals surface area contributed by atoms with Gasteiger partial charge in [-0.15, -0.1) is 5.10 Å². The Morgan fingerprint density at radius 2 is 2.15 bits per heavy atom. The first-order valence-corrected chi connectivity index (χ1v) is 7.48. The van der Waals surface area contributed by atoms with Gasteiger partial charge in [-0.1, -0.05) is 26.7 Å². The molecule has 0 aromatic carbocycles. The highest BCUT2D eigenvalue weighted by Crippen LogP contribution is 2.21. The molecule has 1 amide bonds. The van der Waals surface area contributed by atoms with Gasteiger partial charge in [0.15, 0.2) is 0 Å². The summed E-state index contributed by atoms with van der Waals surface area (Å²) in [6.07, 6.45) is 5.22. The van der Waals surface area contributed by atoms with Crippen LogP contribution in [0.15, 0.2) is 0 Å². The van der Waals surface area contributed by atoms with Crippen molar-refractivity contribution in [3.63, 3.8) is 0 Å². The number of likely N-dealkylation sites (N-methyl/N-ethyl adjacent to an activating group) is 1. The van der Waals surface area contributed by atoms with Gasteiger partial charge in [-0.25, -0.2) is 4.98 Å². The van der Waals surface area contributed by atoms with E-state index in [0.717, 1.165) is 12.4 Å². The standard InChI is InChI=1S/C14H25N5O/c1-10(2)12-16-13(18-17-12)14(20)15-8-9-19(3)11-6-4-5-7-11/h10-11H,4-9H2,1-3H3,(H,15,20)(H,16,17,18). The summed E-state index contributed by atoms with van der Waals surface area (Å²) < 4.78 is 0. The molecule has 1 fully saturated rings. The second-order valence-electron chi connectivity index (χ2n) is 5.87. The van der Waals surface area contributed by atoms with Crippen LogP contribution in [0, 0.1) is 0 Å². The van der Waals surface area contributed by atoms with Gasteiger partial charge in [-0.05, 0) is 19.9 Å². The molecule has 2 rings (SSSR count). The predicted octanol–water partition coefficient (Wildman–Crippen LogP) is 1.53. The van der Waals surface area contributed by atoms with Crippen LogP contribution in [-0.4, -0.2) is 52.2 Å². The van der Waals surface area contributed by atoms with Crippen LogP contribution in [-0.2, 0) is 0 Å². The van der Waals surface area contributed by atoms with E-state index in [1.165, 1.54) is 25.7 Å². The highest BCUT2D eigenvalue weighted by Gasteiger charge is 2.19. The molecule has 1 aliphatic carbocycles. The molecule has 1 aromatic heterocycles. The van der Waals surface area contributed by atoms with Gasteiger partial charge in [0.1, 0.15) is 5.82 Å². The van der Waals surface area contributed by atoms with E-state index in [9.17, 15) is 4.79 Å². The van der Waals surface area contributed by atoms with Crippen LogP contribution < -0.4 is 5.32 Å². The summed E-state index contributed by atoms with van der Waals surface area (Å²) in [6, 6.07) is 0.683. The first-order valence-electron chi connectivity index (χ1n) is 7.48. The lowest BCUT2D eigenvalue weighted by Gasteiger charge is -2.23. The van der Waals surface area contributed by atoms with E-state index in [1.807, 2.05) is 13.8 Å². The maximum Gasteiger partial charge on any atom is 0.291 e. The summed E-state index contributed by atoms with van der Waals surface area (Å²) in [7, 11) is 2.13. The maximum absolute atomic E-state index is 11.9. The molecule has 0 spiro atoms. The van der Waals surface area contributed by atoms with Crippen LogP contribution in [0.25, 0.3) is 0 Å². The average molecular weight is 279 g/mol. The van der Waals surface area contributed by atoms with Gasteiger partial charge in [0, 0.05) is 25.0 Å². The Morgan fingerprint density at radius 3 is 2.75 bits per heavy atom. The molecule has 1 heterocycles. The largest absolute Gasteiger partial charge is 0.348 e. The third-order valence-corrected chi connectivity index (χ3v) is 3.95. The monoisotopic (exact) mass is 279 g/mol. The number of hydrogen-bond acceptors (Lipinski definition) is 4. The first kappa shape index (κ1) is 15.0. The molecule has 1 aromatic rings. The van der Waals surface area contributed by atoms with Crippen LogP contribution in [0.3, 0.4) is 0 Å². The van der Waals surface area contributed by atoms with E-state index in [4.69, 9.17) is 0 Å². The first-order chi connectivity index (χ1) is 9.58. The zero-order chi connectivity index (χ0) is 14.5. The molecule has 1 aliphatic rings. The van der Waals surface area contributed by atoms with E-state index >= 15 is 0 Å². The topological polar surface area (TPSA) is 73.9 Å². The number of aromatic amines is 1. The minimum atomic E-state index is -0.201. The molecule has 0 radical (unpaired) electrons. The second kappa shape index (κ2) is 6.83. The zero-order valence-corrected chi connectivity index (χ0v) is 12.6. The number of hydrogen-bond donors (Lipinski definition) is 2. The summed E-state index contributed by atoms with van der Waals surface area (Å²) in [5.41, 5.74) is 0. The van der Waals surface area contributed by atoms with E-state index in [1.54, 1.807) is 0 Å². The van der Waals surface area contributed by atoms with E-state index in [-0.39, 0.29) is 17.6 Å². The van der Waals surface area contributed by atoms with Gasteiger partial charge in [-0.2, -0.15) is 0 Å². The van der Waals surface area contributed by atoms with Crippen molar-refractivity contribution in [2.75, 3.05) is 20.1 Å². The van der Waals surface area contributed by atoms with Gasteiger partial charge >= 0.3 is 0 Å². The Bertz CT molecular complexity index is 437. The fraction of sp³-hybridized carbons (Fsp3) is 0.786. The molecule has 0 unspecified atom stereocenters. The van der Waals surface area contributed by atoms with Gasteiger partial charge in [0.2, 0.25) is 5.82 Å². The fourth-order valence-corrected chi connectivity index (χ4v) is 2.59. The Labute approximate surface area is 120 Å². The molecule has 0 aliphatic heterocycles. The number of nitrogens with zero attached hydrogens (tertiary/aromatic N) is 3. The Kier molecular flexibility index (Phi) is 5.11. The minimum Gasteiger partial charge on any atom is -0.348 e.